The lowest BCUT2D eigenvalue weighted by Gasteiger charge is -2.20. The third-order valence-electron chi connectivity index (χ3n) is 3.63. The maximum absolute atomic E-state index is 4.44. The van der Waals surface area contributed by atoms with Gasteiger partial charge < -0.3 is 0 Å². The van der Waals surface area contributed by atoms with Crippen LogP contribution < -0.4 is 0 Å². The molecule has 3 aromatic rings. The molecular formula is C16H18N4S. The Balaban J connectivity index is 2.36. The third-order valence-corrected chi connectivity index (χ3v) is 7.01. The average molecular weight is 298 g/mol. The summed E-state index contributed by atoms with van der Waals surface area (Å²) < 4.78 is 2.18. The predicted molar refractivity (Wildman–Crippen MR) is 91.2 cm³/mol. The second-order valence-corrected chi connectivity index (χ2v) is 7.92. The molecule has 0 saturated heterocycles. The first-order valence-corrected chi connectivity index (χ1v) is 8.55. The Labute approximate surface area is 125 Å². The van der Waals surface area contributed by atoms with E-state index in [-0.39, 0.29) is 0 Å². The molecule has 0 aliphatic heterocycles. The molecule has 0 bridgehead atoms. The van der Waals surface area contributed by atoms with Crippen molar-refractivity contribution in [2.75, 3.05) is 0 Å². The normalized spacial score (nSPS) is 11.6. The Bertz CT molecular complexity index is 883. The smallest absolute Gasteiger partial charge is 0.172 e. The molecule has 21 heavy (non-hydrogen) atoms. The first-order valence-electron chi connectivity index (χ1n) is 6.83. The summed E-state index contributed by atoms with van der Waals surface area (Å²) in [6.45, 7) is 6.30. The van der Waals surface area contributed by atoms with Crippen LogP contribution in [0.1, 0.15) is 19.4 Å². The van der Waals surface area contributed by atoms with Gasteiger partial charge in [-0.2, -0.15) is 0 Å². The molecule has 0 aliphatic carbocycles. The van der Waals surface area contributed by atoms with Gasteiger partial charge in [-0.3, -0.25) is 3.97 Å². The highest BCUT2D eigenvalue weighted by Gasteiger charge is 2.12. The van der Waals surface area contributed by atoms with Crippen LogP contribution in [0.5, 0.6) is 0 Å². The topological polar surface area (TPSA) is 43.6 Å². The molecule has 0 aliphatic rings. The highest BCUT2D eigenvalue weighted by Crippen LogP contribution is 2.38. The van der Waals surface area contributed by atoms with Crippen LogP contribution in [0.3, 0.4) is 0 Å². The quantitative estimate of drug-likeness (QED) is 0.681. The van der Waals surface area contributed by atoms with E-state index < -0.39 is 9.39 Å². The summed E-state index contributed by atoms with van der Waals surface area (Å²) in [7, 11) is -1.42. The summed E-state index contributed by atoms with van der Waals surface area (Å²) in [4.78, 5) is 14.2. The van der Waals surface area contributed by atoms with Crippen LogP contribution in [0.15, 0.2) is 48.0 Å². The fraction of sp³-hybridized carbons (Fsp3) is 0.188. The Morgan fingerprint density at radius 3 is 2.43 bits per heavy atom. The number of nitrogens with zero attached hydrogens (tertiary/aromatic N) is 4. The van der Waals surface area contributed by atoms with Crippen LogP contribution in [-0.2, 0) is 0 Å². The van der Waals surface area contributed by atoms with Gasteiger partial charge in [-0.1, -0.05) is 27.1 Å². The van der Waals surface area contributed by atoms with Crippen LogP contribution in [0, 0.1) is 6.92 Å². The second kappa shape index (κ2) is 5.33. The lowest BCUT2D eigenvalue weighted by atomic mass is 10.2. The molecule has 0 unspecified atom stereocenters. The van der Waals surface area contributed by atoms with Crippen molar-refractivity contribution in [3.8, 4) is 0 Å². The summed E-state index contributed by atoms with van der Waals surface area (Å²) in [6, 6.07) is 8.69. The first kappa shape index (κ1) is 13.8. The lowest BCUT2D eigenvalue weighted by molar-refractivity contribution is 1.17. The van der Waals surface area contributed by atoms with Crippen LogP contribution in [0.4, 0.5) is 0 Å². The van der Waals surface area contributed by atoms with Gasteiger partial charge in [-0.15, -0.1) is 0 Å². The van der Waals surface area contributed by atoms with Crippen LogP contribution in [-0.4, -0.2) is 29.7 Å². The van der Waals surface area contributed by atoms with Gasteiger partial charge in [0.25, 0.3) is 0 Å². The molecule has 0 N–H and O–H groups in total. The zero-order chi connectivity index (χ0) is 14.9. The minimum Gasteiger partial charge on any atom is -0.264 e. The van der Waals surface area contributed by atoms with E-state index in [1.54, 1.807) is 12.5 Å². The Hall–Kier alpha value is -2.14. The number of hydrogen-bond acceptors (Lipinski definition) is 3. The Morgan fingerprint density at radius 2 is 1.76 bits per heavy atom. The number of benzene rings is 1. The molecule has 0 spiro atoms. The maximum atomic E-state index is 4.44. The number of aromatic nitrogens is 4. The van der Waals surface area contributed by atoms with Gasteiger partial charge in [-0.25, -0.2) is 15.0 Å². The van der Waals surface area contributed by atoms with Crippen molar-refractivity contribution < 1.29 is 0 Å². The van der Waals surface area contributed by atoms with Crippen molar-refractivity contribution >= 4 is 31.3 Å². The molecule has 0 fully saturated rings. The van der Waals surface area contributed by atoms with Crippen molar-refractivity contribution in [3.05, 3.63) is 48.7 Å². The number of fused-ring (bicyclic) bond motifs is 1. The molecular weight excluding hydrogens is 280 g/mol. The van der Waals surface area contributed by atoms with Crippen molar-refractivity contribution in [2.24, 2.45) is 0 Å². The number of rotatable bonds is 2. The van der Waals surface area contributed by atoms with Crippen LogP contribution >= 0.6 is 9.39 Å². The van der Waals surface area contributed by atoms with Crippen LogP contribution in [0.2, 0.25) is 0 Å². The van der Waals surface area contributed by atoms with Crippen molar-refractivity contribution in [1.82, 2.24) is 18.9 Å². The highest BCUT2D eigenvalue weighted by atomic mass is 32.2. The molecule has 4 nitrogen and oxygen atoms in total. The van der Waals surface area contributed by atoms with Gasteiger partial charge >= 0.3 is 0 Å². The van der Waals surface area contributed by atoms with E-state index in [0.717, 1.165) is 11.2 Å². The van der Waals surface area contributed by atoms with E-state index in [0.29, 0.717) is 0 Å². The van der Waals surface area contributed by atoms with Gasteiger partial charge in [0.15, 0.2) is 5.65 Å². The monoisotopic (exact) mass is 298 g/mol. The summed E-state index contributed by atoms with van der Waals surface area (Å²) >= 11 is 0. The van der Waals surface area contributed by atoms with Crippen LogP contribution in [0.25, 0.3) is 11.2 Å². The summed E-state index contributed by atoms with van der Waals surface area (Å²) in [5.74, 6) is 0. The molecule has 0 atom stereocenters. The van der Waals surface area contributed by atoms with Crippen molar-refractivity contribution in [1.29, 1.82) is 0 Å². The SMILES string of the molecule is CC=S(=CC)(c1ccc(C)cc1)n1cnc2cncnc21. The largest absolute Gasteiger partial charge is 0.264 e. The molecule has 0 amide bonds. The van der Waals surface area contributed by atoms with E-state index in [4.69, 9.17) is 0 Å². The van der Waals surface area contributed by atoms with E-state index in [1.807, 2.05) is 6.33 Å². The highest BCUT2D eigenvalue weighted by molar-refractivity contribution is 8.28. The molecule has 2 heterocycles. The van der Waals surface area contributed by atoms with E-state index in [1.165, 1.54) is 10.5 Å². The maximum Gasteiger partial charge on any atom is 0.172 e. The van der Waals surface area contributed by atoms with E-state index >= 15 is 0 Å². The van der Waals surface area contributed by atoms with Gasteiger partial charge in [0.05, 0.1) is 6.20 Å². The molecule has 1 aromatic carbocycles. The predicted octanol–water partition coefficient (Wildman–Crippen LogP) is 3.41. The lowest BCUT2D eigenvalue weighted by Crippen LogP contribution is -2.00. The molecule has 3 rings (SSSR count). The Morgan fingerprint density at radius 1 is 1.05 bits per heavy atom. The standard InChI is InChI=1S/C16H18N4S/c1-4-21(5-2,14-8-6-13(3)7-9-14)20-12-19-15-10-17-11-18-16(15)20/h4-12H,1-3H3. The number of hydrogen-bond donors (Lipinski definition) is 0. The van der Waals surface area contributed by atoms with Crippen molar-refractivity contribution in [3.63, 3.8) is 0 Å². The van der Waals surface area contributed by atoms with E-state index in [9.17, 15) is 0 Å². The third kappa shape index (κ3) is 2.14. The summed E-state index contributed by atoms with van der Waals surface area (Å²) in [5.41, 5.74) is 2.96. The van der Waals surface area contributed by atoms with Gasteiger partial charge in [-0.05, 0) is 43.6 Å². The Kier molecular flexibility index (Phi) is 3.51. The molecule has 0 saturated carbocycles. The zero-order valence-electron chi connectivity index (χ0n) is 12.4. The fourth-order valence-electron chi connectivity index (χ4n) is 2.47. The minimum absolute atomic E-state index is 0.824. The van der Waals surface area contributed by atoms with Gasteiger partial charge in [0.2, 0.25) is 0 Å². The summed E-state index contributed by atoms with van der Waals surface area (Å²) in [5, 5.41) is 4.50. The first-order chi connectivity index (χ1) is 10.2. The molecule has 0 radical (unpaired) electrons. The van der Waals surface area contributed by atoms with E-state index in [2.05, 4.69) is 74.7 Å². The van der Waals surface area contributed by atoms with Gasteiger partial charge in [0, 0.05) is 4.90 Å². The summed E-state index contributed by atoms with van der Waals surface area (Å²) in [6.07, 6.45) is 5.20. The second-order valence-electron chi connectivity index (χ2n) is 4.76. The number of imidazole rings is 1. The molecule has 2 aromatic heterocycles. The number of aryl methyl sites for hydroxylation is 1. The minimum atomic E-state index is -1.42. The van der Waals surface area contributed by atoms with Crippen molar-refractivity contribution in [2.45, 2.75) is 25.7 Å². The average Bonchev–Trinajstić information content (AvgIpc) is 2.96. The van der Waals surface area contributed by atoms with Gasteiger partial charge in [0.1, 0.15) is 18.2 Å². The molecule has 5 heteroatoms. The fourth-order valence-corrected chi connectivity index (χ4v) is 5.17. The molecule has 108 valence electrons. The zero-order valence-corrected chi connectivity index (χ0v) is 13.2.